The van der Waals surface area contributed by atoms with Gasteiger partial charge >= 0.3 is 0 Å². The number of benzene rings is 4. The van der Waals surface area contributed by atoms with E-state index < -0.39 is 72.8 Å². The Morgan fingerprint density at radius 1 is 0.596 bits per heavy atom. The lowest BCUT2D eigenvalue weighted by molar-refractivity contribution is 0.0991. The number of hydrogen-bond donors (Lipinski definition) is 4. The van der Waals surface area contributed by atoms with Crippen LogP contribution >= 0.6 is 0 Å². The van der Waals surface area contributed by atoms with Crippen LogP contribution in [0.4, 0.5) is 11.4 Å². The largest absolute Gasteiger partial charge is 0.451 e. The smallest absolute Gasteiger partial charge is 0.296 e. The number of rotatable bonds is 6. The van der Waals surface area contributed by atoms with Gasteiger partial charge in [0.25, 0.3) is 32.1 Å². The molecule has 4 N–H and O–H groups in total. The Morgan fingerprint density at radius 2 is 0.979 bits per heavy atom. The maximum atomic E-state index is 13.8. The molecule has 14 nitrogen and oxygen atoms in total. The maximum absolute atomic E-state index is 13.8. The molecule has 238 valence electrons. The number of sulfone groups is 1. The minimum atomic E-state index is -5.13. The summed E-state index contributed by atoms with van der Waals surface area (Å²) in [5, 5.41) is 5.61. The van der Waals surface area contributed by atoms with E-state index in [0.29, 0.717) is 21.9 Å². The Kier molecular flexibility index (Phi) is 6.67. The van der Waals surface area contributed by atoms with Gasteiger partial charge in [-0.2, -0.15) is 16.8 Å². The Morgan fingerprint density at radius 3 is 1.34 bits per heavy atom. The van der Waals surface area contributed by atoms with Gasteiger partial charge in [0.15, 0.2) is 11.5 Å². The number of anilines is 2. The van der Waals surface area contributed by atoms with Crippen LogP contribution in [0.3, 0.4) is 0 Å². The first kappa shape index (κ1) is 30.3. The molecule has 1 aliphatic rings. The summed E-state index contributed by atoms with van der Waals surface area (Å²) in [6.07, 6.45) is 0. The first-order chi connectivity index (χ1) is 22.1. The molecule has 6 aromatic rings. The number of carbonyl (C=O) groups is 2. The fourth-order valence-electron chi connectivity index (χ4n) is 5.28. The molecular formula is C30H18N2O12S3. The van der Waals surface area contributed by atoms with Crippen LogP contribution in [0.5, 0.6) is 0 Å². The van der Waals surface area contributed by atoms with Crippen LogP contribution in [-0.4, -0.2) is 46.2 Å². The van der Waals surface area contributed by atoms with E-state index in [1.807, 2.05) is 0 Å². The summed E-state index contributed by atoms with van der Waals surface area (Å²) < 4.78 is 108. The molecule has 0 bridgehead atoms. The lowest BCUT2D eigenvalue weighted by Crippen LogP contribution is -2.15. The molecule has 2 amide bonds. The fourth-order valence-corrected chi connectivity index (χ4v) is 8.29. The maximum Gasteiger partial charge on any atom is 0.296 e. The van der Waals surface area contributed by atoms with Gasteiger partial charge in [0.1, 0.15) is 21.0 Å². The summed E-state index contributed by atoms with van der Waals surface area (Å²) in [7, 11) is -14.8. The highest BCUT2D eigenvalue weighted by Crippen LogP contribution is 2.48. The lowest BCUT2D eigenvalue weighted by Gasteiger charge is -2.12. The van der Waals surface area contributed by atoms with Crippen LogP contribution in [0.15, 0.2) is 113 Å². The van der Waals surface area contributed by atoms with E-state index in [1.165, 1.54) is 12.1 Å². The van der Waals surface area contributed by atoms with Crippen molar-refractivity contribution in [3.63, 3.8) is 0 Å². The summed E-state index contributed by atoms with van der Waals surface area (Å²) in [6.45, 7) is 0. The third kappa shape index (κ3) is 5.15. The SMILES string of the molecule is O=C(Nc1cc2c(cc1S(=O)(=O)O)-c1cc(S(=O)(=O)O)c(NC(=O)c3cc4ccccc4o3)cc1S2(=O)=O)c1cc2ccccc2o1. The van der Waals surface area contributed by atoms with Gasteiger partial charge in [-0.25, -0.2) is 8.42 Å². The number of para-hydroxylation sites is 2. The highest BCUT2D eigenvalue weighted by atomic mass is 32.2. The van der Waals surface area contributed by atoms with Crippen molar-refractivity contribution in [3.8, 4) is 11.1 Å². The highest BCUT2D eigenvalue weighted by Gasteiger charge is 2.38. The molecule has 4 aromatic carbocycles. The predicted octanol–water partition coefficient (Wildman–Crippen LogP) is 4.99. The van der Waals surface area contributed by atoms with Crippen LogP contribution < -0.4 is 10.6 Å². The second-order valence-electron chi connectivity index (χ2n) is 10.3. The molecule has 0 spiro atoms. The van der Waals surface area contributed by atoms with E-state index in [4.69, 9.17) is 8.83 Å². The molecule has 0 saturated carbocycles. The topological polar surface area (TPSA) is 227 Å². The van der Waals surface area contributed by atoms with E-state index in [0.717, 1.165) is 24.3 Å². The first-order valence-electron chi connectivity index (χ1n) is 13.3. The number of furan rings is 2. The van der Waals surface area contributed by atoms with Crippen LogP contribution in [0.1, 0.15) is 21.1 Å². The standard InChI is InChI=1S/C30H18N2O12S3/c33-29(23-9-15-5-1-3-7-21(15)43-23)31-19-13-25-17(11-27(19)46(37,38)39)18-12-28(47(40,41)42)20(14-26(18)45(25,35)36)32-30(34)24-10-16-6-2-4-8-22(16)44-24/h1-14H,(H,31,33)(H,32,34)(H,37,38,39)(H,40,41,42). The van der Waals surface area contributed by atoms with Gasteiger partial charge in [-0.3, -0.25) is 18.7 Å². The Bertz CT molecular complexity index is 2450. The second kappa shape index (κ2) is 10.3. The summed E-state index contributed by atoms with van der Waals surface area (Å²) >= 11 is 0. The average molecular weight is 695 g/mol. The van der Waals surface area contributed by atoms with Crippen LogP contribution in [0.25, 0.3) is 33.1 Å². The van der Waals surface area contributed by atoms with Gasteiger partial charge in [-0.15, -0.1) is 0 Å². The Balaban J connectivity index is 1.33. The van der Waals surface area contributed by atoms with E-state index >= 15 is 0 Å². The number of fused-ring (bicyclic) bond motifs is 5. The van der Waals surface area contributed by atoms with E-state index in [1.54, 1.807) is 48.5 Å². The molecule has 3 heterocycles. The number of nitrogens with one attached hydrogen (secondary N) is 2. The quantitative estimate of drug-likeness (QED) is 0.169. The van der Waals surface area contributed by atoms with Crippen LogP contribution in [0.2, 0.25) is 0 Å². The molecule has 1 aliphatic heterocycles. The van der Waals surface area contributed by atoms with Crippen molar-refractivity contribution in [1.29, 1.82) is 0 Å². The average Bonchev–Trinajstić information content (AvgIpc) is 3.69. The van der Waals surface area contributed by atoms with Crippen molar-refractivity contribution in [3.05, 3.63) is 96.4 Å². The zero-order valence-corrected chi connectivity index (χ0v) is 25.7. The summed E-state index contributed by atoms with van der Waals surface area (Å²) in [5.41, 5.74) is -1.29. The van der Waals surface area contributed by atoms with Crippen LogP contribution in [0, 0.1) is 0 Å². The number of hydrogen-bond acceptors (Lipinski definition) is 10. The lowest BCUT2D eigenvalue weighted by atomic mass is 10.0. The van der Waals surface area contributed by atoms with E-state index in [2.05, 4.69) is 10.6 Å². The van der Waals surface area contributed by atoms with Crippen molar-refractivity contribution < 1.29 is 52.8 Å². The van der Waals surface area contributed by atoms with Crippen molar-refractivity contribution in [1.82, 2.24) is 0 Å². The molecule has 0 aliphatic carbocycles. The number of amides is 2. The van der Waals surface area contributed by atoms with Gasteiger partial charge in [-0.05, 0) is 48.5 Å². The minimum Gasteiger partial charge on any atom is -0.451 e. The molecular weight excluding hydrogens is 677 g/mol. The molecule has 0 atom stereocenters. The summed E-state index contributed by atoms with van der Waals surface area (Å²) in [6, 6.07) is 19.0. The third-order valence-electron chi connectivity index (χ3n) is 7.38. The van der Waals surface area contributed by atoms with Gasteiger partial charge < -0.3 is 19.5 Å². The van der Waals surface area contributed by atoms with E-state index in [-0.39, 0.29) is 22.6 Å². The summed E-state index contributed by atoms with van der Waals surface area (Å²) in [5.74, 6) is -2.44. The predicted molar refractivity (Wildman–Crippen MR) is 165 cm³/mol. The Labute approximate surface area is 265 Å². The molecule has 2 aromatic heterocycles. The monoisotopic (exact) mass is 694 g/mol. The molecule has 7 rings (SSSR count). The Hall–Kier alpha value is -5.33. The van der Waals surface area contributed by atoms with E-state index in [9.17, 15) is 43.9 Å². The number of carbonyl (C=O) groups excluding carboxylic acids is 2. The molecule has 0 unspecified atom stereocenters. The normalized spacial score (nSPS) is 13.7. The zero-order chi connectivity index (χ0) is 33.5. The van der Waals surface area contributed by atoms with Crippen molar-refractivity contribution in [2.24, 2.45) is 0 Å². The third-order valence-corrected chi connectivity index (χ3v) is 11.0. The molecule has 0 fully saturated rings. The van der Waals surface area contributed by atoms with Crippen molar-refractivity contribution in [2.45, 2.75) is 19.6 Å². The van der Waals surface area contributed by atoms with Gasteiger partial charge in [-0.1, -0.05) is 36.4 Å². The van der Waals surface area contributed by atoms with Gasteiger partial charge in [0, 0.05) is 21.9 Å². The second-order valence-corrected chi connectivity index (χ2v) is 15.0. The van der Waals surface area contributed by atoms with Crippen LogP contribution in [-0.2, 0) is 30.1 Å². The molecule has 0 radical (unpaired) electrons. The van der Waals surface area contributed by atoms with Gasteiger partial charge in [0.2, 0.25) is 9.84 Å². The van der Waals surface area contributed by atoms with Crippen molar-refractivity contribution >= 4 is 75.2 Å². The minimum absolute atomic E-state index is 0.248. The molecule has 17 heteroatoms. The highest BCUT2D eigenvalue weighted by molar-refractivity contribution is 7.92. The first-order valence-corrected chi connectivity index (χ1v) is 17.6. The van der Waals surface area contributed by atoms with Crippen molar-refractivity contribution in [2.75, 3.05) is 10.6 Å². The summed E-state index contributed by atoms with van der Waals surface area (Å²) in [4.78, 5) is 23.1. The molecule has 47 heavy (non-hydrogen) atoms. The molecule has 0 saturated heterocycles. The van der Waals surface area contributed by atoms with Gasteiger partial charge in [0.05, 0.1) is 21.2 Å². The zero-order valence-electron chi connectivity index (χ0n) is 23.3. The fraction of sp³-hybridized carbons (Fsp3) is 0.